The summed E-state index contributed by atoms with van der Waals surface area (Å²) in [4.78, 5) is 16.6. The van der Waals surface area contributed by atoms with Gasteiger partial charge in [-0.05, 0) is 6.42 Å². The molecule has 86 valence electrons. The zero-order chi connectivity index (χ0) is 11.5. The molecule has 0 aliphatic rings. The molecule has 1 rings (SSSR count). The van der Waals surface area contributed by atoms with E-state index in [-0.39, 0.29) is 0 Å². The molecule has 0 amide bonds. The molecule has 1 atom stereocenters. The molecule has 1 heterocycles. The maximum Gasteiger partial charge on any atom is 0.320 e. The smallest absolute Gasteiger partial charge is 0.320 e. The monoisotopic (exact) mass is 213 g/mol. The second-order valence-electron chi connectivity index (χ2n) is 3.20. The third kappa shape index (κ3) is 8.96. The van der Waals surface area contributed by atoms with Crippen LogP contribution in [0.4, 0.5) is 0 Å². The van der Waals surface area contributed by atoms with E-state index >= 15 is 0 Å². The molecule has 5 nitrogen and oxygen atoms in total. The summed E-state index contributed by atoms with van der Waals surface area (Å²) in [7, 11) is 0. The number of carboxylic acids is 1. The highest BCUT2D eigenvalue weighted by atomic mass is 16.4. The fourth-order valence-corrected chi connectivity index (χ4v) is 0.953. The van der Waals surface area contributed by atoms with Crippen LogP contribution in [0, 0.1) is 0 Å². The Bertz CT molecular complexity index is 220. The molecule has 0 saturated carbocycles. The predicted molar refractivity (Wildman–Crippen MR) is 58.3 cm³/mol. The normalized spacial score (nSPS) is 11.3. The fourth-order valence-electron chi connectivity index (χ4n) is 0.953. The van der Waals surface area contributed by atoms with Gasteiger partial charge in [0.05, 0.1) is 6.33 Å². The number of hydrogen-bond donors (Lipinski definition) is 3. The van der Waals surface area contributed by atoms with Crippen molar-refractivity contribution in [1.82, 2.24) is 9.97 Å². The molecule has 0 radical (unpaired) electrons. The van der Waals surface area contributed by atoms with Crippen LogP contribution in [0.1, 0.15) is 32.6 Å². The molecule has 0 saturated heterocycles. The zero-order valence-electron chi connectivity index (χ0n) is 9.02. The lowest BCUT2D eigenvalue weighted by Crippen LogP contribution is -2.29. The summed E-state index contributed by atoms with van der Waals surface area (Å²) in [5.74, 6) is -0.892. The van der Waals surface area contributed by atoms with Gasteiger partial charge in [0, 0.05) is 12.4 Å². The Labute approximate surface area is 89.7 Å². The Morgan fingerprint density at radius 1 is 1.60 bits per heavy atom. The van der Waals surface area contributed by atoms with Crippen LogP contribution >= 0.6 is 0 Å². The molecule has 4 N–H and O–H groups in total. The molecule has 0 fully saturated rings. The number of carbonyl (C=O) groups is 1. The number of aromatic amines is 1. The molecule has 1 unspecified atom stereocenters. The Morgan fingerprint density at radius 2 is 2.33 bits per heavy atom. The summed E-state index contributed by atoms with van der Waals surface area (Å²) in [6, 6.07) is -0.661. The SMILES string of the molecule is CCCCCC(N)C(=O)O.c1c[nH]cn1. The summed E-state index contributed by atoms with van der Waals surface area (Å²) in [6.07, 6.45) is 8.78. The van der Waals surface area contributed by atoms with Crippen LogP contribution in [0.3, 0.4) is 0 Å². The minimum Gasteiger partial charge on any atom is -0.480 e. The van der Waals surface area contributed by atoms with E-state index in [1.165, 1.54) is 0 Å². The van der Waals surface area contributed by atoms with Crippen molar-refractivity contribution < 1.29 is 9.90 Å². The quantitative estimate of drug-likeness (QED) is 0.644. The lowest BCUT2D eigenvalue weighted by molar-refractivity contribution is -0.138. The first-order chi connectivity index (χ1) is 7.18. The van der Waals surface area contributed by atoms with Gasteiger partial charge in [-0.3, -0.25) is 4.79 Å². The molecular weight excluding hydrogens is 194 g/mol. The van der Waals surface area contributed by atoms with Crippen LogP contribution in [0.25, 0.3) is 0 Å². The lowest BCUT2D eigenvalue weighted by Gasteiger charge is -2.03. The minimum absolute atomic E-state index is 0.600. The molecule has 15 heavy (non-hydrogen) atoms. The summed E-state index contributed by atoms with van der Waals surface area (Å²) in [5, 5.41) is 8.36. The van der Waals surface area contributed by atoms with Crippen LogP contribution < -0.4 is 5.73 Å². The standard InChI is InChI=1S/C7H15NO2.C3H4N2/c1-2-3-4-5-6(8)7(9)10;1-2-5-3-4-1/h6H,2-5,8H2,1H3,(H,9,10);1-3H,(H,4,5). The van der Waals surface area contributed by atoms with E-state index in [4.69, 9.17) is 10.8 Å². The van der Waals surface area contributed by atoms with E-state index in [1.54, 1.807) is 18.7 Å². The number of nitrogens with zero attached hydrogens (tertiary/aromatic N) is 1. The molecule has 5 heteroatoms. The van der Waals surface area contributed by atoms with Crippen molar-refractivity contribution in [1.29, 1.82) is 0 Å². The van der Waals surface area contributed by atoms with Crippen LogP contribution in [0.5, 0.6) is 0 Å². The largest absolute Gasteiger partial charge is 0.480 e. The highest BCUT2D eigenvalue weighted by Gasteiger charge is 2.09. The number of aliphatic carboxylic acids is 1. The highest BCUT2D eigenvalue weighted by Crippen LogP contribution is 2.01. The average Bonchev–Trinajstić information content (AvgIpc) is 2.75. The molecule has 1 aromatic rings. The Kier molecular flexibility index (Phi) is 8.37. The number of carboxylic acid groups (broad SMARTS) is 1. The van der Waals surface area contributed by atoms with Crippen LogP contribution in [-0.2, 0) is 4.79 Å². The van der Waals surface area contributed by atoms with Crippen molar-refractivity contribution in [3.05, 3.63) is 18.7 Å². The number of hydrogen-bond acceptors (Lipinski definition) is 3. The Hall–Kier alpha value is -1.36. The van der Waals surface area contributed by atoms with Crippen molar-refractivity contribution >= 4 is 5.97 Å². The van der Waals surface area contributed by atoms with E-state index in [2.05, 4.69) is 16.9 Å². The third-order valence-corrected chi connectivity index (χ3v) is 1.84. The van der Waals surface area contributed by atoms with Gasteiger partial charge in [-0.15, -0.1) is 0 Å². The minimum atomic E-state index is -0.892. The van der Waals surface area contributed by atoms with Crippen LogP contribution in [0.2, 0.25) is 0 Å². The number of rotatable bonds is 5. The predicted octanol–water partition coefficient (Wildman–Crippen LogP) is 1.39. The molecule has 0 aliphatic carbocycles. The van der Waals surface area contributed by atoms with E-state index in [0.29, 0.717) is 6.42 Å². The highest BCUT2D eigenvalue weighted by molar-refractivity contribution is 5.72. The number of unbranched alkanes of at least 4 members (excludes halogenated alkanes) is 2. The number of H-pyrrole nitrogens is 1. The van der Waals surface area contributed by atoms with Gasteiger partial charge in [0.2, 0.25) is 0 Å². The fraction of sp³-hybridized carbons (Fsp3) is 0.600. The first-order valence-corrected chi connectivity index (χ1v) is 5.09. The summed E-state index contributed by atoms with van der Waals surface area (Å²) in [5.41, 5.74) is 5.26. The topological polar surface area (TPSA) is 92.0 Å². The van der Waals surface area contributed by atoms with Crippen LogP contribution in [-0.4, -0.2) is 27.1 Å². The van der Waals surface area contributed by atoms with Gasteiger partial charge >= 0.3 is 5.97 Å². The maximum absolute atomic E-state index is 10.2. The first-order valence-electron chi connectivity index (χ1n) is 5.09. The molecular formula is C10H19N3O2. The van der Waals surface area contributed by atoms with Gasteiger partial charge in [0.1, 0.15) is 6.04 Å². The van der Waals surface area contributed by atoms with Crippen molar-refractivity contribution in [3.8, 4) is 0 Å². The van der Waals surface area contributed by atoms with Gasteiger partial charge in [0.25, 0.3) is 0 Å². The first kappa shape index (κ1) is 13.6. The Morgan fingerprint density at radius 3 is 2.67 bits per heavy atom. The van der Waals surface area contributed by atoms with Gasteiger partial charge in [-0.2, -0.15) is 0 Å². The molecule has 0 bridgehead atoms. The van der Waals surface area contributed by atoms with Crippen LogP contribution in [0.15, 0.2) is 18.7 Å². The third-order valence-electron chi connectivity index (χ3n) is 1.84. The van der Waals surface area contributed by atoms with E-state index in [0.717, 1.165) is 19.3 Å². The zero-order valence-corrected chi connectivity index (χ0v) is 9.02. The number of nitrogens with two attached hydrogens (primary N) is 1. The van der Waals surface area contributed by atoms with Crippen molar-refractivity contribution in [3.63, 3.8) is 0 Å². The number of aromatic nitrogens is 2. The van der Waals surface area contributed by atoms with Crippen molar-refractivity contribution in [2.45, 2.75) is 38.6 Å². The molecule has 0 spiro atoms. The molecule has 0 aliphatic heterocycles. The molecule has 1 aromatic heterocycles. The second kappa shape index (κ2) is 9.21. The molecule has 0 aromatic carbocycles. The van der Waals surface area contributed by atoms with Crippen molar-refractivity contribution in [2.24, 2.45) is 5.73 Å². The van der Waals surface area contributed by atoms with Gasteiger partial charge in [-0.1, -0.05) is 26.2 Å². The number of imidazole rings is 1. The second-order valence-corrected chi connectivity index (χ2v) is 3.20. The van der Waals surface area contributed by atoms with E-state index in [9.17, 15) is 4.79 Å². The van der Waals surface area contributed by atoms with Gasteiger partial charge in [-0.25, -0.2) is 4.98 Å². The summed E-state index contributed by atoms with van der Waals surface area (Å²) < 4.78 is 0. The lowest BCUT2D eigenvalue weighted by atomic mass is 10.1. The average molecular weight is 213 g/mol. The van der Waals surface area contributed by atoms with E-state index in [1.807, 2.05) is 0 Å². The van der Waals surface area contributed by atoms with Gasteiger partial charge < -0.3 is 15.8 Å². The Balaban J connectivity index is 0.000000322. The van der Waals surface area contributed by atoms with E-state index < -0.39 is 12.0 Å². The maximum atomic E-state index is 10.2. The number of nitrogens with one attached hydrogen (secondary N) is 1. The van der Waals surface area contributed by atoms with Crippen molar-refractivity contribution in [2.75, 3.05) is 0 Å². The summed E-state index contributed by atoms with van der Waals surface area (Å²) in [6.45, 7) is 2.08. The summed E-state index contributed by atoms with van der Waals surface area (Å²) >= 11 is 0. The van der Waals surface area contributed by atoms with Gasteiger partial charge in [0.15, 0.2) is 0 Å².